The van der Waals surface area contributed by atoms with Crippen molar-refractivity contribution in [3.8, 4) is 0 Å². The average Bonchev–Trinajstić information content (AvgIpc) is 3.01. The first-order chi connectivity index (χ1) is 8.24. The Morgan fingerprint density at radius 2 is 1.94 bits per heavy atom. The van der Waals surface area contributed by atoms with Crippen molar-refractivity contribution in [1.82, 2.24) is 0 Å². The molecule has 1 saturated carbocycles. The van der Waals surface area contributed by atoms with Gasteiger partial charge in [0.25, 0.3) is 0 Å². The highest BCUT2D eigenvalue weighted by atomic mass is 16.3. The molecule has 0 bridgehead atoms. The van der Waals surface area contributed by atoms with Crippen molar-refractivity contribution in [3.05, 3.63) is 24.3 Å². The molecule has 0 aromatic heterocycles. The Bertz CT molecular complexity index is 240. The van der Waals surface area contributed by atoms with Gasteiger partial charge < -0.3 is 5.11 Å². The van der Waals surface area contributed by atoms with Gasteiger partial charge in [-0.05, 0) is 50.9 Å². The first kappa shape index (κ1) is 14.5. The van der Waals surface area contributed by atoms with E-state index in [1.54, 1.807) is 0 Å². The molecule has 0 spiro atoms. The van der Waals surface area contributed by atoms with Gasteiger partial charge in [-0.2, -0.15) is 0 Å². The third kappa shape index (κ3) is 7.38. The molecular formula is C16H28O. The second kappa shape index (κ2) is 8.52. The van der Waals surface area contributed by atoms with Gasteiger partial charge in [0.2, 0.25) is 0 Å². The van der Waals surface area contributed by atoms with E-state index in [-0.39, 0.29) is 6.10 Å². The summed E-state index contributed by atoms with van der Waals surface area (Å²) >= 11 is 0. The molecule has 1 aliphatic rings. The molecule has 0 aromatic carbocycles. The minimum atomic E-state index is -0.284. The second-order valence-corrected chi connectivity index (χ2v) is 5.35. The Morgan fingerprint density at radius 1 is 1.18 bits per heavy atom. The molecule has 1 heteroatoms. The molecule has 1 aliphatic carbocycles. The smallest absolute Gasteiger partial charge is 0.0692 e. The van der Waals surface area contributed by atoms with Crippen molar-refractivity contribution < 1.29 is 5.11 Å². The molecule has 0 saturated heterocycles. The minimum Gasteiger partial charge on any atom is -0.389 e. The van der Waals surface area contributed by atoms with Crippen LogP contribution in [0.15, 0.2) is 24.3 Å². The minimum absolute atomic E-state index is 0.284. The van der Waals surface area contributed by atoms with E-state index < -0.39 is 0 Å². The maximum absolute atomic E-state index is 9.10. The topological polar surface area (TPSA) is 20.2 Å². The van der Waals surface area contributed by atoms with E-state index in [2.05, 4.69) is 25.2 Å². The molecule has 0 heterocycles. The van der Waals surface area contributed by atoms with Crippen LogP contribution in [0.4, 0.5) is 0 Å². The summed E-state index contributed by atoms with van der Waals surface area (Å²) in [6, 6.07) is 0. The summed E-state index contributed by atoms with van der Waals surface area (Å²) in [6.07, 6.45) is 17.5. The molecule has 0 aliphatic heterocycles. The van der Waals surface area contributed by atoms with Crippen molar-refractivity contribution in [3.63, 3.8) is 0 Å². The van der Waals surface area contributed by atoms with Gasteiger partial charge in [0.05, 0.1) is 6.10 Å². The molecule has 3 atom stereocenters. The van der Waals surface area contributed by atoms with Crippen LogP contribution in [0, 0.1) is 11.8 Å². The van der Waals surface area contributed by atoms with Crippen LogP contribution in [-0.4, -0.2) is 11.2 Å². The number of hydrogen-bond donors (Lipinski definition) is 1. The van der Waals surface area contributed by atoms with Gasteiger partial charge in [-0.1, -0.05) is 44.1 Å². The van der Waals surface area contributed by atoms with E-state index in [9.17, 15) is 0 Å². The molecule has 0 unspecified atom stereocenters. The maximum atomic E-state index is 9.10. The normalized spacial score (nSPS) is 25.8. The van der Waals surface area contributed by atoms with E-state index in [1.165, 1.54) is 38.5 Å². The van der Waals surface area contributed by atoms with Crippen molar-refractivity contribution in [2.75, 3.05) is 0 Å². The zero-order valence-corrected chi connectivity index (χ0v) is 11.4. The fourth-order valence-electron chi connectivity index (χ4n) is 2.27. The summed E-state index contributed by atoms with van der Waals surface area (Å²) in [5, 5.41) is 9.10. The number of allylic oxidation sites excluding steroid dienone is 3. The highest BCUT2D eigenvalue weighted by Crippen LogP contribution is 2.44. The second-order valence-electron chi connectivity index (χ2n) is 5.35. The number of aliphatic hydroxyl groups excluding tert-OH is 1. The quantitative estimate of drug-likeness (QED) is 0.462. The average molecular weight is 236 g/mol. The van der Waals surface area contributed by atoms with Crippen LogP contribution in [0.2, 0.25) is 0 Å². The number of rotatable bonds is 9. The number of unbranched alkanes of at least 4 members (excludes halogenated alkanes) is 2. The van der Waals surface area contributed by atoms with Gasteiger partial charge in [0.15, 0.2) is 0 Å². The van der Waals surface area contributed by atoms with Gasteiger partial charge >= 0.3 is 0 Å². The van der Waals surface area contributed by atoms with Crippen LogP contribution in [0.1, 0.15) is 58.8 Å². The summed E-state index contributed by atoms with van der Waals surface area (Å²) in [7, 11) is 0. The van der Waals surface area contributed by atoms with Crippen molar-refractivity contribution in [2.45, 2.75) is 64.9 Å². The first-order valence-corrected chi connectivity index (χ1v) is 7.23. The van der Waals surface area contributed by atoms with Gasteiger partial charge in [-0.25, -0.2) is 0 Å². The molecule has 1 nitrogen and oxygen atoms in total. The third-order valence-corrected chi connectivity index (χ3v) is 3.52. The largest absolute Gasteiger partial charge is 0.389 e. The highest BCUT2D eigenvalue weighted by Gasteiger charge is 2.34. The lowest BCUT2D eigenvalue weighted by atomic mass is 10.1. The van der Waals surface area contributed by atoms with Crippen LogP contribution in [0.25, 0.3) is 0 Å². The Hall–Kier alpha value is -0.560. The lowest BCUT2D eigenvalue weighted by molar-refractivity contribution is 0.243. The zero-order valence-electron chi connectivity index (χ0n) is 11.4. The van der Waals surface area contributed by atoms with Crippen LogP contribution >= 0.6 is 0 Å². The summed E-state index contributed by atoms with van der Waals surface area (Å²) in [6.45, 7) is 4.05. The monoisotopic (exact) mass is 236 g/mol. The Balaban J connectivity index is 1.95. The van der Waals surface area contributed by atoms with E-state index >= 15 is 0 Å². The lowest BCUT2D eigenvalue weighted by Crippen LogP contribution is -1.91. The van der Waals surface area contributed by atoms with Gasteiger partial charge in [-0.15, -0.1) is 0 Å². The number of aliphatic hydroxyl groups is 1. The molecule has 1 N–H and O–H groups in total. The van der Waals surface area contributed by atoms with E-state index in [1.807, 2.05) is 13.0 Å². The van der Waals surface area contributed by atoms with E-state index in [0.29, 0.717) is 0 Å². The zero-order chi connectivity index (χ0) is 12.5. The van der Waals surface area contributed by atoms with Crippen LogP contribution in [0.5, 0.6) is 0 Å². The van der Waals surface area contributed by atoms with Crippen LogP contribution in [0.3, 0.4) is 0 Å². The predicted octanol–water partition coefficient (Wildman–Crippen LogP) is 4.48. The van der Waals surface area contributed by atoms with Crippen molar-refractivity contribution >= 4 is 0 Å². The Kier molecular flexibility index (Phi) is 7.27. The summed E-state index contributed by atoms with van der Waals surface area (Å²) in [4.78, 5) is 0. The molecule has 1 rings (SSSR count). The van der Waals surface area contributed by atoms with Gasteiger partial charge in [0, 0.05) is 0 Å². The van der Waals surface area contributed by atoms with Gasteiger partial charge in [0.1, 0.15) is 0 Å². The number of hydrogen-bond acceptors (Lipinski definition) is 1. The fraction of sp³-hybridized carbons (Fsp3) is 0.750. The molecule has 17 heavy (non-hydrogen) atoms. The highest BCUT2D eigenvalue weighted by molar-refractivity contribution is 4.96. The predicted molar refractivity (Wildman–Crippen MR) is 74.9 cm³/mol. The SMILES string of the molecule is CCCC/C=C\CC[C@H]1C[C@@H]1C/C=C/[C@H](C)O. The molecule has 0 radical (unpaired) electrons. The van der Waals surface area contributed by atoms with E-state index in [4.69, 9.17) is 5.11 Å². The Morgan fingerprint density at radius 3 is 2.65 bits per heavy atom. The lowest BCUT2D eigenvalue weighted by Gasteiger charge is -1.96. The summed E-state index contributed by atoms with van der Waals surface area (Å²) in [5.74, 6) is 1.85. The summed E-state index contributed by atoms with van der Waals surface area (Å²) < 4.78 is 0. The first-order valence-electron chi connectivity index (χ1n) is 7.23. The Labute approximate surface area is 107 Å². The third-order valence-electron chi connectivity index (χ3n) is 3.52. The standard InChI is InChI=1S/C16H28O/c1-3-4-5-6-7-8-11-15-13-16(15)12-9-10-14(2)17/h6-7,9-10,14-17H,3-5,8,11-13H2,1-2H3/b7-6-,10-9+/t14-,15-,16-/m0/s1. The molecule has 1 fully saturated rings. The molecule has 0 aromatic rings. The van der Waals surface area contributed by atoms with Crippen molar-refractivity contribution in [2.24, 2.45) is 11.8 Å². The molecular weight excluding hydrogens is 208 g/mol. The van der Waals surface area contributed by atoms with Crippen molar-refractivity contribution in [1.29, 1.82) is 0 Å². The molecule has 98 valence electrons. The van der Waals surface area contributed by atoms with E-state index in [0.717, 1.165) is 18.3 Å². The van der Waals surface area contributed by atoms with Crippen LogP contribution in [-0.2, 0) is 0 Å². The maximum Gasteiger partial charge on any atom is 0.0692 e. The summed E-state index contributed by atoms with van der Waals surface area (Å²) in [5.41, 5.74) is 0. The fourth-order valence-corrected chi connectivity index (χ4v) is 2.27. The van der Waals surface area contributed by atoms with Gasteiger partial charge in [-0.3, -0.25) is 0 Å². The molecule has 0 amide bonds. The van der Waals surface area contributed by atoms with Crippen LogP contribution < -0.4 is 0 Å².